The molecule has 0 aliphatic carbocycles. The average molecular weight is 254 g/mol. The first-order valence-electron chi connectivity index (χ1n) is 4.92. The van der Waals surface area contributed by atoms with Crippen molar-refractivity contribution in [2.24, 2.45) is 0 Å². The number of aromatic hydroxyl groups is 1. The van der Waals surface area contributed by atoms with Crippen LogP contribution in [0.25, 0.3) is 11.3 Å². The molecule has 0 radical (unpaired) electrons. The predicted molar refractivity (Wildman–Crippen MR) is 66.4 cm³/mol. The van der Waals surface area contributed by atoms with Crippen molar-refractivity contribution in [2.45, 2.75) is 6.92 Å². The highest BCUT2D eigenvalue weighted by Gasteiger charge is 2.16. The first-order chi connectivity index (χ1) is 8.04. The number of phenolic OH excluding ortho intramolecular Hbond substituents is 1. The Morgan fingerprint density at radius 3 is 2.71 bits per heavy atom. The lowest BCUT2D eigenvalue weighted by molar-refractivity contribution is 0.403. The number of nitrogens with one attached hydrogen (secondary N) is 1. The molecule has 4 N–H and O–H groups in total. The number of hydrogen-bond acceptors (Lipinski definition) is 4. The second-order valence-electron chi connectivity index (χ2n) is 3.62. The van der Waals surface area contributed by atoms with Gasteiger partial charge in [-0.25, -0.2) is 0 Å². The molecule has 5 nitrogen and oxygen atoms in total. The standard InChI is InChI=1S/C11H12ClN3O2/c1-5-10(16)6(3-7(12)11(5)17-2)8-4-9(13)15-14-8/h3-4,16H,1-2H3,(H3,13,14,15). The Balaban J connectivity index is 2.64. The van der Waals surface area contributed by atoms with Crippen LogP contribution in [0.5, 0.6) is 11.5 Å². The fourth-order valence-electron chi connectivity index (χ4n) is 1.68. The summed E-state index contributed by atoms with van der Waals surface area (Å²) in [7, 11) is 1.50. The Morgan fingerprint density at radius 1 is 1.47 bits per heavy atom. The van der Waals surface area contributed by atoms with Crippen molar-refractivity contribution in [1.82, 2.24) is 10.2 Å². The van der Waals surface area contributed by atoms with Crippen molar-refractivity contribution in [2.75, 3.05) is 12.8 Å². The van der Waals surface area contributed by atoms with Crippen molar-refractivity contribution in [3.63, 3.8) is 0 Å². The molecule has 0 amide bonds. The van der Waals surface area contributed by atoms with E-state index in [0.717, 1.165) is 0 Å². The molecule has 0 aliphatic heterocycles. The van der Waals surface area contributed by atoms with Gasteiger partial charge in [-0.05, 0) is 13.0 Å². The monoisotopic (exact) mass is 253 g/mol. The molecule has 0 saturated carbocycles. The predicted octanol–water partition coefficient (Wildman–Crippen LogP) is 2.33. The topological polar surface area (TPSA) is 84.2 Å². The van der Waals surface area contributed by atoms with E-state index in [4.69, 9.17) is 22.1 Å². The number of nitrogen functional groups attached to an aromatic ring is 1. The zero-order valence-corrected chi connectivity index (χ0v) is 10.2. The van der Waals surface area contributed by atoms with Gasteiger partial charge in [0.2, 0.25) is 0 Å². The van der Waals surface area contributed by atoms with Gasteiger partial charge >= 0.3 is 0 Å². The van der Waals surface area contributed by atoms with Gasteiger partial charge in [0.15, 0.2) is 0 Å². The number of nitrogens with zero attached hydrogens (tertiary/aromatic N) is 1. The van der Waals surface area contributed by atoms with E-state index < -0.39 is 0 Å². The summed E-state index contributed by atoms with van der Waals surface area (Å²) < 4.78 is 5.11. The summed E-state index contributed by atoms with van der Waals surface area (Å²) in [6, 6.07) is 3.23. The summed E-state index contributed by atoms with van der Waals surface area (Å²) in [5.74, 6) is 0.902. The molecule has 0 saturated heterocycles. The summed E-state index contributed by atoms with van der Waals surface area (Å²) in [6.07, 6.45) is 0. The van der Waals surface area contributed by atoms with Crippen molar-refractivity contribution >= 4 is 17.4 Å². The zero-order valence-electron chi connectivity index (χ0n) is 9.41. The van der Waals surface area contributed by atoms with Crippen LogP contribution in [0.4, 0.5) is 5.82 Å². The largest absolute Gasteiger partial charge is 0.507 e. The molecule has 1 aromatic carbocycles. The lowest BCUT2D eigenvalue weighted by Gasteiger charge is -2.12. The first-order valence-corrected chi connectivity index (χ1v) is 5.29. The number of aromatic nitrogens is 2. The molecule has 90 valence electrons. The van der Waals surface area contributed by atoms with Gasteiger partial charge in [-0.15, -0.1) is 0 Å². The van der Waals surface area contributed by atoms with E-state index in [2.05, 4.69) is 10.2 Å². The highest BCUT2D eigenvalue weighted by atomic mass is 35.5. The van der Waals surface area contributed by atoms with Crippen LogP contribution in [0.15, 0.2) is 12.1 Å². The molecule has 0 atom stereocenters. The van der Waals surface area contributed by atoms with Gasteiger partial charge in [0.25, 0.3) is 0 Å². The molecule has 0 bridgehead atoms. The number of aromatic amines is 1. The van der Waals surface area contributed by atoms with Gasteiger partial charge in [-0.2, -0.15) is 5.10 Å². The van der Waals surface area contributed by atoms with E-state index in [0.29, 0.717) is 33.4 Å². The average Bonchev–Trinajstić information content (AvgIpc) is 2.71. The molecule has 17 heavy (non-hydrogen) atoms. The fraction of sp³-hybridized carbons (Fsp3) is 0.182. The second kappa shape index (κ2) is 4.18. The van der Waals surface area contributed by atoms with Crippen LogP contribution < -0.4 is 10.5 Å². The van der Waals surface area contributed by atoms with Crippen LogP contribution in [0, 0.1) is 6.92 Å². The lowest BCUT2D eigenvalue weighted by atomic mass is 10.1. The van der Waals surface area contributed by atoms with Gasteiger partial charge < -0.3 is 15.6 Å². The summed E-state index contributed by atoms with van der Waals surface area (Å²) in [6.45, 7) is 1.73. The third-order valence-electron chi connectivity index (χ3n) is 2.53. The fourth-order valence-corrected chi connectivity index (χ4v) is 2.01. The maximum absolute atomic E-state index is 10.1. The molecule has 1 aromatic heterocycles. The van der Waals surface area contributed by atoms with Gasteiger partial charge in [0, 0.05) is 17.2 Å². The second-order valence-corrected chi connectivity index (χ2v) is 4.03. The Labute approximate surface area is 103 Å². The Kier molecular flexibility index (Phi) is 2.85. The Hall–Kier alpha value is -1.88. The number of rotatable bonds is 2. The van der Waals surface area contributed by atoms with Crippen LogP contribution in [0.1, 0.15) is 5.56 Å². The highest BCUT2D eigenvalue weighted by molar-refractivity contribution is 6.32. The molecule has 1 heterocycles. The van der Waals surface area contributed by atoms with Crippen molar-refractivity contribution in [1.29, 1.82) is 0 Å². The number of halogens is 1. The molecule has 0 spiro atoms. The lowest BCUT2D eigenvalue weighted by Crippen LogP contribution is -1.91. The molecule has 0 fully saturated rings. The van der Waals surface area contributed by atoms with Crippen molar-refractivity contribution < 1.29 is 9.84 Å². The van der Waals surface area contributed by atoms with E-state index in [1.807, 2.05) is 0 Å². The van der Waals surface area contributed by atoms with E-state index in [1.165, 1.54) is 7.11 Å². The minimum Gasteiger partial charge on any atom is -0.507 e. The SMILES string of the molecule is COc1c(Cl)cc(-c2cc(N)n[nH]2)c(O)c1C. The van der Waals surface area contributed by atoms with Gasteiger partial charge in [-0.1, -0.05) is 11.6 Å². The number of nitrogens with two attached hydrogens (primary N) is 1. The smallest absolute Gasteiger partial charge is 0.145 e. The normalized spacial score (nSPS) is 10.5. The number of anilines is 1. The number of benzene rings is 1. The summed E-state index contributed by atoms with van der Waals surface area (Å²) in [4.78, 5) is 0. The summed E-state index contributed by atoms with van der Waals surface area (Å²) in [5, 5.41) is 17.0. The minimum atomic E-state index is 0.0925. The minimum absolute atomic E-state index is 0.0925. The van der Waals surface area contributed by atoms with Crippen LogP contribution in [0.3, 0.4) is 0 Å². The van der Waals surface area contributed by atoms with Crippen LogP contribution in [-0.4, -0.2) is 22.4 Å². The molecule has 2 rings (SSSR count). The summed E-state index contributed by atoms with van der Waals surface area (Å²) >= 11 is 6.06. The third-order valence-corrected chi connectivity index (χ3v) is 2.81. The van der Waals surface area contributed by atoms with E-state index >= 15 is 0 Å². The van der Waals surface area contributed by atoms with Crippen LogP contribution in [0.2, 0.25) is 5.02 Å². The number of H-pyrrole nitrogens is 1. The maximum atomic E-state index is 10.1. The van der Waals surface area contributed by atoms with Gasteiger partial charge in [0.05, 0.1) is 17.8 Å². The third kappa shape index (κ3) is 1.89. The van der Waals surface area contributed by atoms with Crippen LogP contribution >= 0.6 is 11.6 Å². The molecular weight excluding hydrogens is 242 g/mol. The van der Waals surface area contributed by atoms with E-state index in [-0.39, 0.29) is 5.75 Å². The molecule has 0 aliphatic rings. The Morgan fingerprint density at radius 2 is 2.18 bits per heavy atom. The maximum Gasteiger partial charge on any atom is 0.145 e. The molecule has 2 aromatic rings. The summed E-state index contributed by atoms with van der Waals surface area (Å²) in [5.41, 5.74) is 7.23. The number of methoxy groups -OCH3 is 1. The Bertz CT molecular complexity index is 566. The quantitative estimate of drug-likeness (QED) is 0.767. The first kappa shape index (κ1) is 11.6. The van der Waals surface area contributed by atoms with E-state index in [1.54, 1.807) is 19.1 Å². The highest BCUT2D eigenvalue weighted by Crippen LogP contribution is 2.41. The molecule has 6 heteroatoms. The number of hydrogen-bond donors (Lipinski definition) is 3. The van der Waals surface area contributed by atoms with Crippen molar-refractivity contribution in [3.05, 3.63) is 22.7 Å². The molecule has 0 unspecified atom stereocenters. The zero-order chi connectivity index (χ0) is 12.6. The van der Waals surface area contributed by atoms with Gasteiger partial charge in [-0.3, -0.25) is 5.10 Å². The van der Waals surface area contributed by atoms with Gasteiger partial charge in [0.1, 0.15) is 17.3 Å². The number of ether oxygens (including phenoxy) is 1. The molecular formula is C11H12ClN3O2. The van der Waals surface area contributed by atoms with Crippen molar-refractivity contribution in [3.8, 4) is 22.8 Å². The number of phenols is 1. The van der Waals surface area contributed by atoms with E-state index in [9.17, 15) is 5.11 Å². The van der Waals surface area contributed by atoms with Crippen LogP contribution in [-0.2, 0) is 0 Å².